The zero-order valence-corrected chi connectivity index (χ0v) is 12.3. The number of nitriles is 2. The molecule has 0 aliphatic rings. The van der Waals surface area contributed by atoms with E-state index in [1.807, 2.05) is 12.1 Å². The first kappa shape index (κ1) is 17.7. The van der Waals surface area contributed by atoms with Crippen molar-refractivity contribution in [3.8, 4) is 23.6 Å². The Morgan fingerprint density at radius 3 is 1.50 bits per heavy atom. The van der Waals surface area contributed by atoms with Crippen molar-refractivity contribution in [2.45, 2.75) is 25.7 Å². The number of ether oxygens (including phenoxy) is 2. The van der Waals surface area contributed by atoms with Crippen LogP contribution in [0.2, 0.25) is 0 Å². The van der Waals surface area contributed by atoms with Gasteiger partial charge in [-0.25, -0.2) is 0 Å². The standard InChI is InChI=1S/C16H18F2N2O2/c17-7-1-3-9-21-15-5-6-16(22-10-4-2-8-18)14(12-20)13(15)11-19/h5-6H,1-4,7-10H2. The van der Waals surface area contributed by atoms with Gasteiger partial charge >= 0.3 is 0 Å². The fourth-order valence-electron chi connectivity index (χ4n) is 1.78. The lowest BCUT2D eigenvalue weighted by atomic mass is 10.1. The molecule has 1 aromatic rings. The van der Waals surface area contributed by atoms with Crippen molar-refractivity contribution in [1.82, 2.24) is 0 Å². The first-order valence-electron chi connectivity index (χ1n) is 7.13. The van der Waals surface area contributed by atoms with Crippen LogP contribution in [0.5, 0.6) is 11.5 Å². The van der Waals surface area contributed by atoms with E-state index in [-0.39, 0.29) is 35.8 Å². The lowest BCUT2D eigenvalue weighted by Gasteiger charge is -2.12. The first-order valence-corrected chi connectivity index (χ1v) is 7.13. The van der Waals surface area contributed by atoms with Crippen LogP contribution in [0, 0.1) is 22.7 Å². The van der Waals surface area contributed by atoms with Crippen LogP contribution in [0.4, 0.5) is 8.78 Å². The van der Waals surface area contributed by atoms with Crippen LogP contribution in [0.3, 0.4) is 0 Å². The second-order valence-electron chi connectivity index (χ2n) is 4.52. The van der Waals surface area contributed by atoms with Gasteiger partial charge in [0.1, 0.15) is 34.8 Å². The van der Waals surface area contributed by atoms with Gasteiger partial charge in [-0.05, 0) is 37.8 Å². The normalized spacial score (nSPS) is 9.82. The average Bonchev–Trinajstić information content (AvgIpc) is 2.55. The number of hydrogen-bond acceptors (Lipinski definition) is 4. The topological polar surface area (TPSA) is 66.0 Å². The summed E-state index contributed by atoms with van der Waals surface area (Å²) in [5.74, 6) is 0.572. The molecule has 0 unspecified atom stereocenters. The van der Waals surface area contributed by atoms with Gasteiger partial charge in [-0.3, -0.25) is 8.78 Å². The quantitative estimate of drug-likeness (QED) is 0.618. The Morgan fingerprint density at radius 1 is 0.773 bits per heavy atom. The molecule has 0 aliphatic heterocycles. The van der Waals surface area contributed by atoms with Crippen molar-refractivity contribution >= 4 is 0 Å². The van der Waals surface area contributed by atoms with Gasteiger partial charge in [0.2, 0.25) is 0 Å². The Bertz CT molecular complexity index is 501. The molecule has 0 N–H and O–H groups in total. The Labute approximate surface area is 128 Å². The molecule has 0 bridgehead atoms. The van der Waals surface area contributed by atoms with Crippen molar-refractivity contribution in [3.63, 3.8) is 0 Å². The predicted molar refractivity (Wildman–Crippen MR) is 77.3 cm³/mol. The molecule has 0 fully saturated rings. The number of halogens is 2. The lowest BCUT2D eigenvalue weighted by Crippen LogP contribution is -2.04. The number of rotatable bonds is 10. The Kier molecular flexibility index (Phi) is 8.37. The Balaban J connectivity index is 2.81. The van der Waals surface area contributed by atoms with Crippen LogP contribution in [0.1, 0.15) is 36.8 Å². The fourth-order valence-corrected chi connectivity index (χ4v) is 1.78. The van der Waals surface area contributed by atoms with Crippen LogP contribution < -0.4 is 9.47 Å². The highest BCUT2D eigenvalue weighted by molar-refractivity contribution is 5.60. The summed E-state index contributed by atoms with van der Waals surface area (Å²) in [6.45, 7) is -0.270. The number of alkyl halides is 2. The third kappa shape index (κ3) is 5.21. The summed E-state index contributed by atoms with van der Waals surface area (Å²) in [6.07, 6.45) is 1.85. The number of unbranched alkanes of at least 4 members (excludes halogenated alkanes) is 2. The smallest absolute Gasteiger partial charge is 0.138 e. The molecule has 6 heteroatoms. The summed E-state index contributed by atoms with van der Waals surface area (Å²) >= 11 is 0. The van der Waals surface area contributed by atoms with Crippen molar-refractivity contribution in [2.75, 3.05) is 26.6 Å². The van der Waals surface area contributed by atoms with Gasteiger partial charge in [0, 0.05) is 0 Å². The molecule has 0 amide bonds. The molecule has 0 saturated heterocycles. The van der Waals surface area contributed by atoms with Crippen LogP contribution >= 0.6 is 0 Å². The minimum absolute atomic E-state index is 0.103. The molecule has 0 radical (unpaired) electrons. The molecular weight excluding hydrogens is 290 g/mol. The fraction of sp³-hybridized carbons (Fsp3) is 0.500. The van der Waals surface area contributed by atoms with E-state index in [2.05, 4.69) is 0 Å². The van der Waals surface area contributed by atoms with Crippen molar-refractivity contribution in [1.29, 1.82) is 10.5 Å². The molecule has 0 saturated carbocycles. The highest BCUT2D eigenvalue weighted by Gasteiger charge is 2.15. The molecule has 0 aromatic heterocycles. The second kappa shape index (κ2) is 10.4. The van der Waals surface area contributed by atoms with E-state index in [0.717, 1.165) is 0 Å². The molecule has 118 valence electrons. The van der Waals surface area contributed by atoms with Gasteiger partial charge in [0.05, 0.1) is 26.6 Å². The number of nitrogens with zero attached hydrogens (tertiary/aromatic N) is 2. The third-order valence-corrected chi connectivity index (χ3v) is 2.92. The maximum atomic E-state index is 12.0. The molecule has 0 atom stereocenters. The monoisotopic (exact) mass is 308 g/mol. The van der Waals surface area contributed by atoms with Crippen LogP contribution in [0.25, 0.3) is 0 Å². The molecule has 0 heterocycles. The van der Waals surface area contributed by atoms with Gasteiger partial charge in [-0.2, -0.15) is 10.5 Å². The van der Waals surface area contributed by atoms with Crippen molar-refractivity contribution < 1.29 is 18.3 Å². The highest BCUT2D eigenvalue weighted by atomic mass is 19.1. The summed E-state index contributed by atoms with van der Waals surface area (Å²) in [7, 11) is 0. The van der Waals surface area contributed by atoms with Crippen LogP contribution in [-0.4, -0.2) is 26.6 Å². The third-order valence-electron chi connectivity index (χ3n) is 2.92. The van der Waals surface area contributed by atoms with E-state index in [1.54, 1.807) is 12.1 Å². The summed E-state index contributed by atoms with van der Waals surface area (Å²) in [4.78, 5) is 0. The Hall–Kier alpha value is -2.34. The number of benzene rings is 1. The molecule has 1 rings (SSSR count). The summed E-state index contributed by atoms with van der Waals surface area (Å²) in [6, 6.07) is 6.98. The molecule has 0 aliphatic carbocycles. The summed E-state index contributed by atoms with van der Waals surface area (Å²) < 4.78 is 34.9. The SMILES string of the molecule is N#Cc1c(OCCCCF)ccc(OCCCCF)c1C#N. The average molecular weight is 308 g/mol. The van der Waals surface area contributed by atoms with Crippen LogP contribution in [0.15, 0.2) is 12.1 Å². The van der Waals surface area contributed by atoms with Gasteiger partial charge in [-0.15, -0.1) is 0 Å². The van der Waals surface area contributed by atoms with Crippen molar-refractivity contribution in [2.24, 2.45) is 0 Å². The number of hydrogen-bond donors (Lipinski definition) is 0. The lowest BCUT2D eigenvalue weighted by molar-refractivity contribution is 0.289. The van der Waals surface area contributed by atoms with E-state index >= 15 is 0 Å². The molecule has 1 aromatic carbocycles. The van der Waals surface area contributed by atoms with Crippen molar-refractivity contribution in [3.05, 3.63) is 23.3 Å². The summed E-state index contributed by atoms with van der Waals surface area (Å²) in [5, 5.41) is 18.4. The van der Waals surface area contributed by atoms with Gasteiger partial charge in [0.25, 0.3) is 0 Å². The van der Waals surface area contributed by atoms with Gasteiger partial charge < -0.3 is 9.47 Å². The minimum atomic E-state index is -0.413. The molecule has 4 nitrogen and oxygen atoms in total. The zero-order chi connectivity index (χ0) is 16.2. The predicted octanol–water partition coefficient (Wildman–Crippen LogP) is 3.69. The van der Waals surface area contributed by atoms with Gasteiger partial charge in [0.15, 0.2) is 0 Å². The largest absolute Gasteiger partial charge is 0.492 e. The maximum absolute atomic E-state index is 12.0. The van der Waals surface area contributed by atoms with E-state index in [1.165, 1.54) is 0 Å². The van der Waals surface area contributed by atoms with E-state index in [4.69, 9.17) is 9.47 Å². The molecule has 0 spiro atoms. The maximum Gasteiger partial charge on any atom is 0.138 e. The van der Waals surface area contributed by atoms with Gasteiger partial charge in [-0.1, -0.05) is 0 Å². The van der Waals surface area contributed by atoms with E-state index in [0.29, 0.717) is 25.7 Å². The zero-order valence-electron chi connectivity index (χ0n) is 12.3. The minimum Gasteiger partial charge on any atom is -0.492 e. The molecular formula is C16H18F2N2O2. The Morgan fingerprint density at radius 2 is 1.18 bits per heavy atom. The highest BCUT2D eigenvalue weighted by Crippen LogP contribution is 2.29. The second-order valence-corrected chi connectivity index (χ2v) is 4.52. The van der Waals surface area contributed by atoms with E-state index in [9.17, 15) is 19.3 Å². The van der Waals surface area contributed by atoms with E-state index < -0.39 is 13.3 Å². The molecule has 22 heavy (non-hydrogen) atoms. The van der Waals surface area contributed by atoms with Crippen LogP contribution in [-0.2, 0) is 0 Å². The first-order chi connectivity index (χ1) is 10.8. The summed E-state index contributed by atoms with van der Waals surface area (Å²) in [5.41, 5.74) is 0.205.